The number of hydrogen-bond acceptors (Lipinski definition) is 16. The van der Waals surface area contributed by atoms with E-state index in [0.29, 0.717) is 50.4 Å². The molecule has 8 rings (SSSR count). The lowest BCUT2D eigenvalue weighted by molar-refractivity contribution is -1.09. The van der Waals surface area contributed by atoms with Crippen LogP contribution >= 0.6 is 0 Å². The Hall–Kier alpha value is -6.70. The number of piperazine rings is 2. The van der Waals surface area contributed by atoms with E-state index in [2.05, 4.69) is 39.7 Å². The van der Waals surface area contributed by atoms with Crippen LogP contribution < -0.4 is 31.0 Å². The van der Waals surface area contributed by atoms with E-state index in [-0.39, 0.29) is 109 Å². The summed E-state index contributed by atoms with van der Waals surface area (Å²) in [5, 5.41) is 0. The number of piperidine rings is 2. The maximum Gasteiger partial charge on any atom is 0.433 e. The highest BCUT2D eigenvalue weighted by atomic mass is 19.4. The summed E-state index contributed by atoms with van der Waals surface area (Å²) in [6.45, 7) is 16.1. The molecule has 82 heavy (non-hydrogen) atoms. The Kier molecular flexibility index (Phi) is 19.0. The zero-order valence-corrected chi connectivity index (χ0v) is 48.0. The van der Waals surface area contributed by atoms with E-state index in [4.69, 9.17) is 9.68 Å². The van der Waals surface area contributed by atoms with Crippen LogP contribution in [0.4, 0.5) is 49.6 Å². The van der Waals surface area contributed by atoms with E-state index >= 15 is 0 Å². The lowest BCUT2D eigenvalue weighted by atomic mass is 9.95. The fourth-order valence-corrected chi connectivity index (χ4v) is 10.7. The van der Waals surface area contributed by atoms with Crippen LogP contribution in [0.5, 0.6) is 0 Å². The molecule has 20 nitrogen and oxygen atoms in total. The Bertz CT molecular complexity index is 2740. The Balaban J connectivity index is 0.968. The number of aromatic nitrogens is 8. The topological polar surface area (TPSA) is 187 Å². The molecular formula is C56H78F6N14O6+2. The van der Waals surface area contributed by atoms with Gasteiger partial charge in [-0.3, -0.25) is 18.8 Å². The third kappa shape index (κ3) is 16.1. The minimum Gasteiger partial charge on any atom is -0.356 e. The van der Waals surface area contributed by atoms with Gasteiger partial charge in [-0.2, -0.15) is 36.3 Å². The first kappa shape index (κ1) is 61.4. The molecule has 8 heterocycles. The van der Waals surface area contributed by atoms with E-state index in [1.165, 1.54) is 9.13 Å². The summed E-state index contributed by atoms with van der Waals surface area (Å²) in [5.74, 6) is -0.255. The van der Waals surface area contributed by atoms with Gasteiger partial charge in [-0.25, -0.2) is 39.1 Å². The van der Waals surface area contributed by atoms with Gasteiger partial charge in [-0.15, -0.1) is 9.29 Å². The highest BCUT2D eigenvalue weighted by Crippen LogP contribution is 2.35. The van der Waals surface area contributed by atoms with Gasteiger partial charge in [-0.1, -0.05) is 41.5 Å². The Morgan fingerprint density at radius 2 is 0.829 bits per heavy atom. The minimum atomic E-state index is -4.73. The van der Waals surface area contributed by atoms with E-state index in [9.17, 15) is 45.5 Å². The zero-order chi connectivity index (χ0) is 59.1. The largest absolute Gasteiger partial charge is 0.433 e. The summed E-state index contributed by atoms with van der Waals surface area (Å²) in [6, 6.07) is 5.51. The van der Waals surface area contributed by atoms with Crippen LogP contribution in [0.25, 0.3) is 0 Å². The third-order valence-electron chi connectivity index (χ3n) is 15.5. The van der Waals surface area contributed by atoms with E-state index < -0.39 is 46.5 Å². The van der Waals surface area contributed by atoms with Crippen molar-refractivity contribution in [3.63, 3.8) is 0 Å². The van der Waals surface area contributed by atoms with Crippen molar-refractivity contribution in [3.8, 4) is 0 Å². The highest BCUT2D eigenvalue weighted by Gasteiger charge is 2.43. The first-order valence-electron chi connectivity index (χ1n) is 28.6. The van der Waals surface area contributed by atoms with Gasteiger partial charge >= 0.3 is 35.7 Å². The number of carbonyl (C=O) groups excluding carboxylic acids is 2. The molecule has 4 aromatic rings. The molecule has 0 amide bonds. The SMILES string of the molecule is CC(C)(C)c1nc(N2CC[N+](CCCCn3ccc(N4CCCCC4)nc3=O)(OC(=O)/C=C/C(=O)O[N+]3(CCCCn4ccc(N5CCCCC5)nc4=O)CCN(c4cc(C(F)(F)F)nc(C(C)(C)C)n4)CC3)CC2)cc(C(F)(F)F)n1. The molecule has 0 radical (unpaired) electrons. The van der Waals surface area contributed by atoms with Gasteiger partial charge in [-0.05, 0) is 63.5 Å². The molecule has 0 N–H and O–H groups in total. The van der Waals surface area contributed by atoms with Crippen LogP contribution in [0.1, 0.15) is 129 Å². The van der Waals surface area contributed by atoms with Crippen molar-refractivity contribution in [2.45, 2.75) is 142 Å². The second-order valence-electron chi connectivity index (χ2n) is 24.0. The lowest BCUT2D eigenvalue weighted by Gasteiger charge is -2.42. The second-order valence-corrected chi connectivity index (χ2v) is 24.0. The summed E-state index contributed by atoms with van der Waals surface area (Å²) in [7, 11) is 0. The van der Waals surface area contributed by atoms with Crippen LogP contribution in [-0.2, 0) is 55.5 Å². The lowest BCUT2D eigenvalue weighted by Crippen LogP contribution is -2.61. The van der Waals surface area contributed by atoms with Gasteiger partial charge in [0.25, 0.3) is 0 Å². The number of nitrogens with zero attached hydrogens (tertiary/aromatic N) is 14. The van der Waals surface area contributed by atoms with Gasteiger partial charge in [0.05, 0.1) is 26.2 Å². The van der Waals surface area contributed by atoms with Crippen LogP contribution in [0.3, 0.4) is 0 Å². The van der Waals surface area contributed by atoms with Crippen LogP contribution in [0, 0.1) is 0 Å². The Labute approximate surface area is 473 Å². The molecule has 0 spiro atoms. The molecule has 0 atom stereocenters. The molecule has 4 aliphatic rings. The van der Waals surface area contributed by atoms with E-state index in [0.717, 1.165) is 89.0 Å². The normalized spacial score (nSPS) is 18.2. The Morgan fingerprint density at radius 3 is 1.15 bits per heavy atom. The molecular weight excluding hydrogens is 1080 g/mol. The second kappa shape index (κ2) is 25.4. The molecule has 26 heteroatoms. The molecule has 4 aromatic heterocycles. The first-order chi connectivity index (χ1) is 38.7. The minimum absolute atomic E-state index is 0.0230. The number of aryl methyl sites for hydroxylation is 2. The summed E-state index contributed by atoms with van der Waals surface area (Å²) in [6.07, 6.45) is 4.26. The predicted octanol–water partition coefficient (Wildman–Crippen LogP) is 7.40. The van der Waals surface area contributed by atoms with Crippen LogP contribution in [-0.4, -0.2) is 152 Å². The van der Waals surface area contributed by atoms with Crippen molar-refractivity contribution in [1.29, 1.82) is 0 Å². The quantitative estimate of drug-likeness (QED) is 0.0415. The molecule has 4 saturated heterocycles. The maximum atomic E-state index is 14.2. The van der Waals surface area contributed by atoms with Gasteiger partial charge in [0, 0.05) is 99.6 Å². The van der Waals surface area contributed by atoms with Crippen molar-refractivity contribution in [2.75, 3.05) is 111 Å². The fraction of sp³-hybridized carbons (Fsp3) is 0.643. The summed E-state index contributed by atoms with van der Waals surface area (Å²) in [5.41, 5.74) is -4.49. The van der Waals surface area contributed by atoms with Crippen molar-refractivity contribution >= 4 is 35.2 Å². The Morgan fingerprint density at radius 1 is 0.488 bits per heavy atom. The van der Waals surface area contributed by atoms with Crippen LogP contribution in [0.2, 0.25) is 0 Å². The zero-order valence-electron chi connectivity index (χ0n) is 48.0. The standard InChI is InChI=1S/C56H78F6N14O6/c1-53(2,3)49-63-41(55(57,58)59)39-45(65-49)71-29-35-75(36-30-71,33-15-13-25-73-27-19-43(67-51(73)79)69-21-9-7-10-22-69)81-47(77)17-18-48(78)82-76(34-16-14-26-74-28-20-44(68-52(74)80)70-23-11-8-12-24-70)37-31-72(32-38-76)46-40-42(56(60,61)62)64-50(66-46)54(4,5)6/h17-20,27-28,39-40H,7-16,21-26,29-38H2,1-6H3/q+2/b18-17+. The van der Waals surface area contributed by atoms with Crippen molar-refractivity contribution in [3.05, 3.63) is 92.8 Å². The fourth-order valence-electron chi connectivity index (χ4n) is 10.7. The summed E-state index contributed by atoms with van der Waals surface area (Å²) in [4.78, 5) is 99.4. The first-order valence-corrected chi connectivity index (χ1v) is 28.6. The monoisotopic (exact) mass is 1160 g/mol. The molecule has 448 valence electrons. The maximum absolute atomic E-state index is 14.2. The van der Waals surface area contributed by atoms with Crippen LogP contribution in [0.15, 0.2) is 58.4 Å². The predicted molar refractivity (Wildman–Crippen MR) is 295 cm³/mol. The molecule has 4 aliphatic heterocycles. The number of hydroxylamine groups is 6. The number of quaternary nitrogens is 2. The average Bonchev–Trinajstić information content (AvgIpc) is 3.48. The number of anilines is 4. The number of hydrogen-bond donors (Lipinski definition) is 0. The van der Waals surface area contributed by atoms with Gasteiger partial charge in [0.1, 0.15) is 85.6 Å². The molecule has 0 bridgehead atoms. The van der Waals surface area contributed by atoms with Gasteiger partial charge in [0.15, 0.2) is 0 Å². The van der Waals surface area contributed by atoms with Crippen molar-refractivity contribution < 1.29 is 54.9 Å². The molecule has 0 saturated carbocycles. The van der Waals surface area contributed by atoms with E-state index in [1.807, 2.05) is 12.1 Å². The number of carbonyl (C=O) groups is 2. The van der Waals surface area contributed by atoms with Gasteiger partial charge < -0.3 is 19.6 Å². The van der Waals surface area contributed by atoms with Crippen molar-refractivity contribution in [1.82, 2.24) is 39.0 Å². The molecule has 4 fully saturated rings. The number of alkyl halides is 6. The molecule has 0 unspecified atom stereocenters. The average molecular weight is 1160 g/mol. The summed E-state index contributed by atoms with van der Waals surface area (Å²) >= 11 is 0. The summed E-state index contributed by atoms with van der Waals surface area (Å²) < 4.78 is 87.5. The third-order valence-corrected chi connectivity index (χ3v) is 15.5. The smallest absolute Gasteiger partial charge is 0.356 e. The van der Waals surface area contributed by atoms with Crippen molar-refractivity contribution in [2.24, 2.45) is 0 Å². The van der Waals surface area contributed by atoms with E-state index in [1.54, 1.807) is 63.7 Å². The highest BCUT2D eigenvalue weighted by molar-refractivity contribution is 5.91. The van der Waals surface area contributed by atoms with Gasteiger partial charge in [0.2, 0.25) is 0 Å². The number of rotatable bonds is 18. The number of unbranched alkanes of at least 4 members (excludes halogenated alkanes) is 2. The number of halogens is 6. The molecule has 0 aliphatic carbocycles. The molecule has 0 aromatic carbocycles.